The molecule has 0 bridgehead atoms. The lowest BCUT2D eigenvalue weighted by Gasteiger charge is -2.22. The highest BCUT2D eigenvalue weighted by Crippen LogP contribution is 2.04. The van der Waals surface area contributed by atoms with Gasteiger partial charge in [-0.25, -0.2) is 0 Å². The summed E-state index contributed by atoms with van der Waals surface area (Å²) in [5, 5.41) is 3.29. The van der Waals surface area contributed by atoms with Gasteiger partial charge in [0.1, 0.15) is 0 Å². The van der Waals surface area contributed by atoms with Gasteiger partial charge in [-0.05, 0) is 26.3 Å². The quantitative estimate of drug-likeness (QED) is 0.594. The molecule has 0 unspecified atom stereocenters. The van der Waals surface area contributed by atoms with Crippen molar-refractivity contribution in [3.05, 3.63) is 0 Å². The van der Waals surface area contributed by atoms with E-state index in [1.165, 1.54) is 19.4 Å². The molecule has 1 N–H and O–H groups in total. The smallest absolute Gasteiger partial charge is 0.0699 e. The van der Waals surface area contributed by atoms with E-state index in [1.807, 2.05) is 0 Å². The van der Waals surface area contributed by atoms with Crippen LogP contribution >= 0.6 is 0 Å². The number of rotatable bonds is 2. The van der Waals surface area contributed by atoms with Gasteiger partial charge < -0.3 is 10.1 Å². The standard InChI is InChI=1S/C7H15NO/c1-2-9-7-4-3-5-8-6-7/h7-8H,2-6H2,1H3/t7-/m0/s1. The number of hydrogen-bond donors (Lipinski definition) is 1. The molecule has 1 heterocycles. The highest BCUT2D eigenvalue weighted by molar-refractivity contribution is 4.67. The molecule has 1 saturated heterocycles. The molecule has 1 aliphatic rings. The first-order valence-corrected chi connectivity index (χ1v) is 3.76. The summed E-state index contributed by atoms with van der Waals surface area (Å²) in [6.45, 7) is 5.12. The average Bonchev–Trinajstić information content (AvgIpc) is 1.91. The predicted octanol–water partition coefficient (Wildman–Crippen LogP) is 0.775. The van der Waals surface area contributed by atoms with Gasteiger partial charge in [0.05, 0.1) is 6.10 Å². The van der Waals surface area contributed by atoms with Crippen LogP contribution in [-0.4, -0.2) is 25.8 Å². The monoisotopic (exact) mass is 129 g/mol. The first-order valence-electron chi connectivity index (χ1n) is 3.76. The summed E-state index contributed by atoms with van der Waals surface area (Å²) in [5.41, 5.74) is 0. The van der Waals surface area contributed by atoms with Crippen LogP contribution in [0.2, 0.25) is 0 Å². The molecule has 1 rings (SSSR count). The number of hydrogen-bond acceptors (Lipinski definition) is 2. The van der Waals surface area contributed by atoms with E-state index in [2.05, 4.69) is 12.2 Å². The Bertz CT molecular complexity index is 66.6. The Labute approximate surface area is 56.6 Å². The summed E-state index contributed by atoms with van der Waals surface area (Å²) in [7, 11) is 0. The number of nitrogens with one attached hydrogen (secondary N) is 1. The Balaban J connectivity index is 2.08. The Morgan fingerprint density at radius 1 is 1.67 bits per heavy atom. The van der Waals surface area contributed by atoms with E-state index in [4.69, 9.17) is 4.74 Å². The van der Waals surface area contributed by atoms with Crippen LogP contribution in [0, 0.1) is 0 Å². The summed E-state index contributed by atoms with van der Waals surface area (Å²) < 4.78 is 5.42. The van der Waals surface area contributed by atoms with Crippen molar-refractivity contribution in [2.24, 2.45) is 0 Å². The van der Waals surface area contributed by atoms with Crippen molar-refractivity contribution in [3.8, 4) is 0 Å². The number of piperidine rings is 1. The van der Waals surface area contributed by atoms with Crippen LogP contribution in [0.3, 0.4) is 0 Å². The molecule has 0 aromatic carbocycles. The fourth-order valence-corrected chi connectivity index (χ4v) is 1.20. The van der Waals surface area contributed by atoms with Gasteiger partial charge in [-0.15, -0.1) is 0 Å². The summed E-state index contributed by atoms with van der Waals surface area (Å²) in [6.07, 6.45) is 3.00. The van der Waals surface area contributed by atoms with Gasteiger partial charge in [-0.2, -0.15) is 0 Å². The Morgan fingerprint density at radius 2 is 2.56 bits per heavy atom. The third kappa shape index (κ3) is 2.33. The zero-order chi connectivity index (χ0) is 6.53. The van der Waals surface area contributed by atoms with Crippen molar-refractivity contribution in [1.82, 2.24) is 5.32 Å². The van der Waals surface area contributed by atoms with Crippen LogP contribution in [0.5, 0.6) is 0 Å². The first kappa shape index (κ1) is 7.03. The molecule has 0 amide bonds. The van der Waals surface area contributed by atoms with Crippen LogP contribution < -0.4 is 5.32 Å². The van der Waals surface area contributed by atoms with E-state index >= 15 is 0 Å². The topological polar surface area (TPSA) is 21.3 Å². The minimum absolute atomic E-state index is 0.490. The van der Waals surface area contributed by atoms with Gasteiger partial charge in [0.25, 0.3) is 0 Å². The predicted molar refractivity (Wildman–Crippen MR) is 37.5 cm³/mol. The van der Waals surface area contributed by atoms with Gasteiger partial charge in [0.2, 0.25) is 0 Å². The van der Waals surface area contributed by atoms with E-state index in [1.54, 1.807) is 0 Å². The van der Waals surface area contributed by atoms with Crippen molar-refractivity contribution < 1.29 is 4.74 Å². The Kier molecular flexibility index (Phi) is 3.01. The first-order chi connectivity index (χ1) is 4.43. The van der Waals surface area contributed by atoms with E-state index < -0.39 is 0 Å². The maximum absolute atomic E-state index is 5.42. The maximum atomic E-state index is 5.42. The van der Waals surface area contributed by atoms with Crippen molar-refractivity contribution >= 4 is 0 Å². The molecule has 2 nitrogen and oxygen atoms in total. The number of ether oxygens (including phenoxy) is 1. The Hall–Kier alpha value is -0.0800. The van der Waals surface area contributed by atoms with Crippen LogP contribution in [-0.2, 0) is 4.74 Å². The second kappa shape index (κ2) is 3.85. The highest BCUT2D eigenvalue weighted by atomic mass is 16.5. The molecule has 1 aliphatic heterocycles. The molecular weight excluding hydrogens is 114 g/mol. The lowest BCUT2D eigenvalue weighted by Crippen LogP contribution is -2.35. The van der Waals surface area contributed by atoms with Gasteiger partial charge in [0.15, 0.2) is 0 Å². The second-order valence-electron chi connectivity index (χ2n) is 2.42. The van der Waals surface area contributed by atoms with Crippen LogP contribution in [0.1, 0.15) is 19.8 Å². The van der Waals surface area contributed by atoms with Gasteiger partial charge in [0, 0.05) is 13.2 Å². The lowest BCUT2D eigenvalue weighted by atomic mass is 10.1. The highest BCUT2D eigenvalue weighted by Gasteiger charge is 2.11. The van der Waals surface area contributed by atoms with Crippen LogP contribution in [0.4, 0.5) is 0 Å². The SMILES string of the molecule is CCO[C@H]1CCCNC1. The summed E-state index contributed by atoms with van der Waals surface area (Å²) in [4.78, 5) is 0. The summed E-state index contributed by atoms with van der Waals surface area (Å²) >= 11 is 0. The molecule has 1 atom stereocenters. The minimum atomic E-state index is 0.490. The van der Waals surface area contributed by atoms with E-state index in [-0.39, 0.29) is 0 Å². The average molecular weight is 129 g/mol. The molecule has 0 radical (unpaired) electrons. The van der Waals surface area contributed by atoms with E-state index in [0.717, 1.165) is 13.2 Å². The van der Waals surface area contributed by atoms with Gasteiger partial charge >= 0.3 is 0 Å². The molecular formula is C7H15NO. The summed E-state index contributed by atoms with van der Waals surface area (Å²) in [5.74, 6) is 0. The summed E-state index contributed by atoms with van der Waals surface area (Å²) in [6, 6.07) is 0. The van der Waals surface area contributed by atoms with E-state index in [9.17, 15) is 0 Å². The molecule has 9 heavy (non-hydrogen) atoms. The molecule has 1 fully saturated rings. The van der Waals surface area contributed by atoms with Gasteiger partial charge in [-0.3, -0.25) is 0 Å². The van der Waals surface area contributed by atoms with Crippen LogP contribution in [0.25, 0.3) is 0 Å². The van der Waals surface area contributed by atoms with Crippen molar-refractivity contribution in [1.29, 1.82) is 0 Å². The molecule has 0 aromatic rings. The lowest BCUT2D eigenvalue weighted by molar-refractivity contribution is 0.0457. The molecule has 0 saturated carbocycles. The largest absolute Gasteiger partial charge is 0.377 e. The van der Waals surface area contributed by atoms with Crippen molar-refractivity contribution in [2.75, 3.05) is 19.7 Å². The third-order valence-corrected chi connectivity index (χ3v) is 1.65. The second-order valence-corrected chi connectivity index (χ2v) is 2.42. The van der Waals surface area contributed by atoms with Crippen LogP contribution in [0.15, 0.2) is 0 Å². The molecule has 0 aliphatic carbocycles. The zero-order valence-corrected chi connectivity index (χ0v) is 6.02. The van der Waals surface area contributed by atoms with Crippen molar-refractivity contribution in [3.63, 3.8) is 0 Å². The van der Waals surface area contributed by atoms with E-state index in [0.29, 0.717) is 6.10 Å². The fraction of sp³-hybridized carbons (Fsp3) is 1.00. The fourth-order valence-electron chi connectivity index (χ4n) is 1.20. The molecule has 0 aromatic heterocycles. The van der Waals surface area contributed by atoms with Crippen molar-refractivity contribution in [2.45, 2.75) is 25.9 Å². The normalized spacial score (nSPS) is 28.3. The molecule has 2 heteroatoms. The minimum Gasteiger partial charge on any atom is -0.377 e. The third-order valence-electron chi connectivity index (χ3n) is 1.65. The zero-order valence-electron chi connectivity index (χ0n) is 6.02. The molecule has 0 spiro atoms. The van der Waals surface area contributed by atoms with Gasteiger partial charge in [-0.1, -0.05) is 0 Å². The Morgan fingerprint density at radius 3 is 3.11 bits per heavy atom. The maximum Gasteiger partial charge on any atom is 0.0699 e. The molecule has 54 valence electrons.